The van der Waals surface area contributed by atoms with E-state index in [1.807, 2.05) is 54.6 Å². The SMILES string of the molecule is CNC(=O)c1cccc(-c2ccc([C@H]3C[C@@H]3N(C)CCN(C)C(=O)Oc3ccc(CONC(=O)CCCCCCC(=O)Nc4ccccc4)cc3)cc2)c1. The molecule has 11 nitrogen and oxygen atoms in total. The molecule has 1 aliphatic carbocycles. The molecule has 0 saturated heterocycles. The highest BCUT2D eigenvalue weighted by molar-refractivity contribution is 5.95. The molecule has 0 heterocycles. The third-order valence-electron chi connectivity index (χ3n) is 9.62. The molecule has 1 fully saturated rings. The van der Waals surface area contributed by atoms with Crippen LogP contribution in [0.4, 0.5) is 10.5 Å². The molecule has 0 aliphatic heterocycles. The number of carbonyl (C=O) groups is 4. The minimum Gasteiger partial charge on any atom is -0.410 e. The van der Waals surface area contributed by atoms with Gasteiger partial charge in [-0.15, -0.1) is 0 Å². The molecule has 0 aromatic heterocycles. The van der Waals surface area contributed by atoms with Crippen molar-refractivity contribution in [3.8, 4) is 16.9 Å². The molecular weight excluding hydrogens is 683 g/mol. The molecule has 3 N–H and O–H groups in total. The van der Waals surface area contributed by atoms with E-state index in [1.165, 1.54) is 5.56 Å². The number of amides is 4. The van der Waals surface area contributed by atoms with E-state index in [0.717, 1.165) is 54.5 Å². The number of carbonyl (C=O) groups excluding carboxylic acids is 4. The number of benzene rings is 4. The molecule has 1 saturated carbocycles. The van der Waals surface area contributed by atoms with Crippen LogP contribution in [-0.4, -0.2) is 73.9 Å². The topological polar surface area (TPSA) is 129 Å². The standard InChI is InChI=1S/C43H51N5O6/c1-44-42(51)35-13-11-12-34(28-35)32-20-22-33(23-21-32)38-29-39(38)47(2)26-27-48(3)43(52)54-37-24-18-31(19-25-37)30-53-46-41(50)17-10-5-4-9-16-40(49)45-36-14-7-6-8-15-36/h6-8,11-15,18-25,28,38-39H,4-5,9-10,16-17,26-27,29-30H2,1-3H3,(H,44,51)(H,45,49)(H,46,50)/t38-,39+/m1/s1. The fourth-order valence-corrected chi connectivity index (χ4v) is 6.25. The monoisotopic (exact) mass is 733 g/mol. The lowest BCUT2D eigenvalue weighted by atomic mass is 10.00. The number of hydroxylamine groups is 1. The first-order valence-corrected chi connectivity index (χ1v) is 18.6. The van der Waals surface area contributed by atoms with Crippen molar-refractivity contribution in [3.05, 3.63) is 120 Å². The van der Waals surface area contributed by atoms with Gasteiger partial charge in [0, 0.05) is 63.2 Å². The van der Waals surface area contributed by atoms with Gasteiger partial charge in [0.25, 0.3) is 5.91 Å². The van der Waals surface area contributed by atoms with Crippen LogP contribution in [0, 0.1) is 0 Å². The number of ether oxygens (including phenoxy) is 1. The second-order valence-electron chi connectivity index (χ2n) is 13.7. The van der Waals surface area contributed by atoms with Crippen LogP contribution in [0.1, 0.15) is 72.3 Å². The van der Waals surface area contributed by atoms with Crippen LogP contribution in [0.15, 0.2) is 103 Å². The van der Waals surface area contributed by atoms with Crippen LogP contribution in [0.25, 0.3) is 11.1 Å². The average Bonchev–Trinajstić information content (AvgIpc) is 4.00. The summed E-state index contributed by atoms with van der Waals surface area (Å²) in [7, 11) is 5.45. The largest absolute Gasteiger partial charge is 0.415 e. The predicted octanol–water partition coefficient (Wildman–Crippen LogP) is 7.16. The van der Waals surface area contributed by atoms with Crippen LogP contribution in [0.3, 0.4) is 0 Å². The van der Waals surface area contributed by atoms with Crippen molar-refractivity contribution in [2.45, 2.75) is 63.5 Å². The van der Waals surface area contributed by atoms with Crippen molar-refractivity contribution >= 4 is 29.5 Å². The Morgan fingerprint density at radius 3 is 2.15 bits per heavy atom. The van der Waals surface area contributed by atoms with E-state index >= 15 is 0 Å². The summed E-state index contributed by atoms with van der Waals surface area (Å²) < 4.78 is 5.57. The second-order valence-corrected chi connectivity index (χ2v) is 13.7. The number of likely N-dealkylation sites (N-methyl/N-ethyl adjacent to an activating group) is 2. The van der Waals surface area contributed by atoms with Gasteiger partial charge in [0.2, 0.25) is 11.8 Å². The number of hydrogen-bond donors (Lipinski definition) is 3. The minimum absolute atomic E-state index is 0.00212. The number of hydrogen-bond acceptors (Lipinski definition) is 7. The van der Waals surface area contributed by atoms with Crippen LogP contribution >= 0.6 is 0 Å². The van der Waals surface area contributed by atoms with Gasteiger partial charge >= 0.3 is 6.09 Å². The van der Waals surface area contributed by atoms with Crippen molar-refractivity contribution < 1.29 is 28.8 Å². The zero-order valence-corrected chi connectivity index (χ0v) is 31.4. The smallest absolute Gasteiger partial charge is 0.410 e. The zero-order chi connectivity index (χ0) is 38.3. The van der Waals surface area contributed by atoms with E-state index in [2.05, 4.69) is 52.3 Å². The molecule has 0 radical (unpaired) electrons. The Kier molecular flexibility index (Phi) is 14.8. The third kappa shape index (κ3) is 12.3. The van der Waals surface area contributed by atoms with Gasteiger partial charge in [0.1, 0.15) is 5.75 Å². The molecule has 2 atom stereocenters. The van der Waals surface area contributed by atoms with Crippen LogP contribution in [0.2, 0.25) is 0 Å². The molecule has 0 unspecified atom stereocenters. The Morgan fingerprint density at radius 1 is 0.741 bits per heavy atom. The Labute approximate surface area is 318 Å². The van der Waals surface area contributed by atoms with Crippen molar-refractivity contribution in [1.29, 1.82) is 0 Å². The first-order chi connectivity index (χ1) is 26.2. The van der Waals surface area contributed by atoms with Crippen LogP contribution in [0.5, 0.6) is 5.75 Å². The molecule has 1 aliphatic rings. The summed E-state index contributed by atoms with van der Waals surface area (Å²) in [6, 6.07) is 33.0. The quantitative estimate of drug-likeness (QED) is 0.0689. The Hall–Kier alpha value is -5.52. The van der Waals surface area contributed by atoms with E-state index in [0.29, 0.717) is 49.2 Å². The van der Waals surface area contributed by atoms with Gasteiger partial charge in [-0.25, -0.2) is 10.3 Å². The van der Waals surface area contributed by atoms with Crippen molar-refractivity contribution in [2.24, 2.45) is 0 Å². The van der Waals surface area contributed by atoms with Gasteiger partial charge < -0.3 is 25.2 Å². The lowest BCUT2D eigenvalue weighted by Crippen LogP contribution is -2.37. The third-order valence-corrected chi connectivity index (χ3v) is 9.62. The molecule has 4 amide bonds. The summed E-state index contributed by atoms with van der Waals surface area (Å²) in [6.07, 6.45) is 4.66. The summed E-state index contributed by atoms with van der Waals surface area (Å²) in [5.74, 6) is 0.577. The van der Waals surface area contributed by atoms with E-state index in [1.54, 1.807) is 43.3 Å². The normalized spacial score (nSPS) is 14.6. The lowest BCUT2D eigenvalue weighted by Gasteiger charge is -2.22. The van der Waals surface area contributed by atoms with Gasteiger partial charge in [-0.05, 0) is 85.0 Å². The number of anilines is 1. The molecule has 4 aromatic rings. The number of rotatable bonds is 19. The maximum atomic E-state index is 12.8. The van der Waals surface area contributed by atoms with Gasteiger partial charge in [-0.2, -0.15) is 0 Å². The summed E-state index contributed by atoms with van der Waals surface area (Å²) in [6.45, 7) is 1.42. The predicted molar refractivity (Wildman–Crippen MR) is 210 cm³/mol. The highest BCUT2D eigenvalue weighted by Gasteiger charge is 2.41. The Bertz CT molecular complexity index is 1830. The minimum atomic E-state index is -0.432. The molecule has 0 bridgehead atoms. The van der Waals surface area contributed by atoms with E-state index in [9.17, 15) is 19.2 Å². The summed E-state index contributed by atoms with van der Waals surface area (Å²) in [5.41, 5.74) is 8.10. The number of nitrogens with one attached hydrogen (secondary N) is 3. The van der Waals surface area contributed by atoms with Gasteiger partial charge in [0.15, 0.2) is 0 Å². The van der Waals surface area contributed by atoms with E-state index < -0.39 is 6.09 Å². The molecule has 0 spiro atoms. The van der Waals surface area contributed by atoms with Crippen molar-refractivity contribution in [3.63, 3.8) is 0 Å². The second kappa shape index (κ2) is 20.1. The molecule has 11 heteroatoms. The molecular formula is C43H51N5O6. The van der Waals surface area contributed by atoms with Crippen molar-refractivity contribution in [2.75, 3.05) is 39.5 Å². The van der Waals surface area contributed by atoms with Crippen LogP contribution < -0.4 is 20.9 Å². The fourth-order valence-electron chi connectivity index (χ4n) is 6.25. The highest BCUT2D eigenvalue weighted by atomic mass is 16.6. The molecule has 4 aromatic carbocycles. The summed E-state index contributed by atoms with van der Waals surface area (Å²) in [4.78, 5) is 58.2. The Morgan fingerprint density at radius 2 is 1.44 bits per heavy atom. The molecule has 5 rings (SSSR count). The van der Waals surface area contributed by atoms with Gasteiger partial charge in [0.05, 0.1) is 6.61 Å². The maximum absolute atomic E-state index is 12.8. The van der Waals surface area contributed by atoms with Gasteiger partial charge in [-0.3, -0.25) is 19.2 Å². The molecule has 284 valence electrons. The first-order valence-electron chi connectivity index (χ1n) is 18.6. The van der Waals surface area contributed by atoms with Gasteiger partial charge in [-0.1, -0.05) is 79.6 Å². The molecule has 54 heavy (non-hydrogen) atoms. The first kappa shape index (κ1) is 39.7. The summed E-state index contributed by atoms with van der Waals surface area (Å²) in [5, 5.41) is 5.55. The Balaban J connectivity index is 0.922. The van der Waals surface area contributed by atoms with Crippen LogP contribution in [-0.2, 0) is 21.0 Å². The van der Waals surface area contributed by atoms with Crippen molar-refractivity contribution in [1.82, 2.24) is 20.6 Å². The fraction of sp³-hybridized carbons (Fsp3) is 0.349. The summed E-state index contributed by atoms with van der Waals surface area (Å²) >= 11 is 0. The number of para-hydroxylation sites is 1. The average molecular weight is 734 g/mol. The lowest BCUT2D eigenvalue weighted by molar-refractivity contribution is -0.134. The zero-order valence-electron chi connectivity index (χ0n) is 31.4. The number of nitrogens with zero attached hydrogens (tertiary/aromatic N) is 2. The van der Waals surface area contributed by atoms with E-state index in [-0.39, 0.29) is 24.3 Å². The van der Waals surface area contributed by atoms with E-state index in [4.69, 9.17) is 9.57 Å². The maximum Gasteiger partial charge on any atom is 0.415 e. The number of unbranched alkanes of at least 4 members (excludes halogenated alkanes) is 3. The highest BCUT2D eigenvalue weighted by Crippen LogP contribution is 2.44.